The molecule has 0 aliphatic heterocycles. The molecule has 7 nitrogen and oxygen atoms in total. The molecule has 1 saturated carbocycles. The molecule has 0 spiro atoms. The molecule has 3 aromatic rings. The molecule has 2 N–H and O–H groups in total. The molecule has 1 aliphatic carbocycles. The summed E-state index contributed by atoms with van der Waals surface area (Å²) in [6.07, 6.45) is 5.14. The Hall–Kier alpha value is -1.97. The monoisotopic (exact) mass is 500 g/mol. The van der Waals surface area contributed by atoms with Crippen LogP contribution in [0.1, 0.15) is 51.4 Å². The number of thiazole rings is 1. The van der Waals surface area contributed by atoms with Crippen LogP contribution in [0.4, 0.5) is 11.8 Å². The van der Waals surface area contributed by atoms with Crippen molar-refractivity contribution < 1.29 is 4.74 Å². The minimum Gasteiger partial charge on any atom is -0.379 e. The van der Waals surface area contributed by atoms with Gasteiger partial charge in [-0.15, -0.1) is 11.3 Å². The summed E-state index contributed by atoms with van der Waals surface area (Å²) in [5.41, 5.74) is 3.69. The van der Waals surface area contributed by atoms with Crippen molar-refractivity contribution in [1.29, 1.82) is 0 Å². The fraction of sp³-hybridized carbons (Fsp3) is 0.600. The lowest BCUT2D eigenvalue weighted by molar-refractivity contribution is -0.0258. The highest BCUT2D eigenvalue weighted by atomic mass is 32.2. The fourth-order valence-electron chi connectivity index (χ4n) is 4.58. The van der Waals surface area contributed by atoms with Gasteiger partial charge in [0.25, 0.3) is 0 Å². The van der Waals surface area contributed by atoms with Crippen LogP contribution in [0.2, 0.25) is 0 Å². The molecule has 34 heavy (non-hydrogen) atoms. The van der Waals surface area contributed by atoms with Crippen molar-refractivity contribution in [2.24, 2.45) is 5.92 Å². The number of hydrogen-bond acceptors (Lipinski definition) is 9. The van der Waals surface area contributed by atoms with E-state index in [1.807, 2.05) is 38.1 Å². The topological polar surface area (TPSA) is 84.9 Å². The van der Waals surface area contributed by atoms with Crippen LogP contribution in [0.5, 0.6) is 0 Å². The second kappa shape index (κ2) is 10.7. The highest BCUT2D eigenvalue weighted by Gasteiger charge is 2.36. The number of nitrogens with one attached hydrogen (secondary N) is 2. The number of methoxy groups -OCH3 is 1. The van der Waals surface area contributed by atoms with Crippen LogP contribution in [0, 0.1) is 19.8 Å². The Morgan fingerprint density at radius 3 is 2.74 bits per heavy atom. The van der Waals surface area contributed by atoms with E-state index in [1.54, 1.807) is 11.3 Å². The standard InChI is InChI=1S/C25H36N6OS2/c1-7-33-13-12-27-24-28-15(2)20(23-30-21-16(3)26-11-10-19(21)34-23)22(31-24)29-18-9-8-17(14-18)25(4,5)32-6/h10-11,17-18H,7-9,12-14H2,1-6H3,(H2,27,28,29,31). The molecule has 4 rings (SSSR count). The van der Waals surface area contributed by atoms with Crippen LogP contribution in [0.3, 0.4) is 0 Å². The number of anilines is 2. The Balaban J connectivity index is 1.66. The van der Waals surface area contributed by atoms with Gasteiger partial charge < -0.3 is 15.4 Å². The number of rotatable bonds is 10. The number of aryl methyl sites for hydroxylation is 2. The maximum atomic E-state index is 5.78. The third-order valence-electron chi connectivity index (χ3n) is 6.81. The van der Waals surface area contributed by atoms with Crippen molar-refractivity contribution in [3.63, 3.8) is 0 Å². The van der Waals surface area contributed by atoms with Gasteiger partial charge in [-0.05, 0) is 64.7 Å². The number of ether oxygens (including phenoxy) is 1. The molecule has 1 aliphatic rings. The average molecular weight is 501 g/mol. The second-order valence-corrected chi connectivity index (χ2v) is 11.8. The van der Waals surface area contributed by atoms with Gasteiger partial charge in [-0.2, -0.15) is 16.7 Å². The lowest BCUT2D eigenvalue weighted by atomic mass is 9.89. The molecule has 2 unspecified atom stereocenters. The first-order chi connectivity index (χ1) is 16.3. The molecule has 3 heterocycles. The van der Waals surface area contributed by atoms with Crippen LogP contribution in [0.25, 0.3) is 20.8 Å². The van der Waals surface area contributed by atoms with Gasteiger partial charge in [0.2, 0.25) is 5.95 Å². The molecule has 0 bridgehead atoms. The van der Waals surface area contributed by atoms with Crippen molar-refractivity contribution in [2.45, 2.75) is 65.5 Å². The highest BCUT2D eigenvalue weighted by molar-refractivity contribution is 7.99. The zero-order valence-corrected chi connectivity index (χ0v) is 22.7. The first-order valence-corrected chi connectivity index (χ1v) is 14.0. The van der Waals surface area contributed by atoms with E-state index in [4.69, 9.17) is 19.7 Å². The number of hydrogen-bond donors (Lipinski definition) is 2. The highest BCUT2D eigenvalue weighted by Crippen LogP contribution is 2.40. The first kappa shape index (κ1) is 25.1. The first-order valence-electron chi connectivity index (χ1n) is 12.1. The van der Waals surface area contributed by atoms with Crippen LogP contribution in [0.15, 0.2) is 12.3 Å². The predicted octanol–water partition coefficient (Wildman–Crippen LogP) is 5.94. The van der Waals surface area contributed by atoms with Crippen molar-refractivity contribution in [3.8, 4) is 10.6 Å². The summed E-state index contributed by atoms with van der Waals surface area (Å²) in [7, 11) is 1.81. The van der Waals surface area contributed by atoms with Gasteiger partial charge in [0.1, 0.15) is 16.3 Å². The summed E-state index contributed by atoms with van der Waals surface area (Å²) >= 11 is 3.59. The van der Waals surface area contributed by atoms with E-state index in [1.165, 1.54) is 0 Å². The van der Waals surface area contributed by atoms with Crippen molar-refractivity contribution in [1.82, 2.24) is 19.9 Å². The summed E-state index contributed by atoms with van der Waals surface area (Å²) in [5.74, 6) is 4.19. The predicted molar refractivity (Wildman–Crippen MR) is 145 cm³/mol. The SMILES string of the molecule is CCSCCNc1nc(C)c(-c2nc3c(C)nccc3s2)c(NC2CCC(C(C)(C)OC)C2)n1. The van der Waals surface area contributed by atoms with Crippen molar-refractivity contribution >= 4 is 45.1 Å². The Kier molecular flexibility index (Phi) is 7.94. The van der Waals surface area contributed by atoms with E-state index in [9.17, 15) is 0 Å². The molecule has 2 atom stereocenters. The van der Waals surface area contributed by atoms with Crippen LogP contribution in [-0.4, -0.2) is 56.7 Å². The minimum absolute atomic E-state index is 0.123. The van der Waals surface area contributed by atoms with Crippen molar-refractivity contribution in [2.75, 3.05) is 35.8 Å². The minimum atomic E-state index is -0.123. The molecule has 3 aromatic heterocycles. The lowest BCUT2D eigenvalue weighted by Gasteiger charge is -2.30. The van der Waals surface area contributed by atoms with Gasteiger partial charge in [-0.3, -0.25) is 4.98 Å². The second-order valence-electron chi connectivity index (χ2n) is 9.40. The molecule has 1 fully saturated rings. The Morgan fingerprint density at radius 1 is 1.18 bits per heavy atom. The molecule has 0 saturated heterocycles. The van der Waals surface area contributed by atoms with E-state index in [0.717, 1.165) is 75.3 Å². The summed E-state index contributed by atoms with van der Waals surface area (Å²) in [6, 6.07) is 2.37. The van der Waals surface area contributed by atoms with E-state index in [2.05, 4.69) is 43.3 Å². The summed E-state index contributed by atoms with van der Waals surface area (Å²) in [6.45, 7) is 11.5. The number of thioether (sulfide) groups is 1. The maximum absolute atomic E-state index is 5.78. The molecule has 184 valence electrons. The number of aromatic nitrogens is 4. The molecular formula is C25H36N6OS2. The van der Waals surface area contributed by atoms with E-state index >= 15 is 0 Å². The molecule has 0 amide bonds. The Bertz CT molecular complexity index is 1130. The molecular weight excluding hydrogens is 464 g/mol. The molecule has 9 heteroatoms. The third kappa shape index (κ3) is 5.47. The van der Waals surface area contributed by atoms with Gasteiger partial charge >= 0.3 is 0 Å². The third-order valence-corrected chi connectivity index (χ3v) is 8.75. The van der Waals surface area contributed by atoms with Gasteiger partial charge in [-0.1, -0.05) is 6.92 Å². The Labute approximate surface area is 210 Å². The number of nitrogens with zero attached hydrogens (tertiary/aromatic N) is 4. The van der Waals surface area contributed by atoms with Gasteiger partial charge in [0.05, 0.1) is 27.3 Å². The van der Waals surface area contributed by atoms with Gasteiger partial charge in [-0.25, -0.2) is 9.97 Å². The van der Waals surface area contributed by atoms with E-state index in [0.29, 0.717) is 17.9 Å². The normalized spacial score (nSPS) is 18.5. The summed E-state index contributed by atoms with van der Waals surface area (Å²) < 4.78 is 6.91. The zero-order valence-electron chi connectivity index (χ0n) is 21.1. The largest absolute Gasteiger partial charge is 0.379 e. The van der Waals surface area contributed by atoms with Crippen LogP contribution in [-0.2, 0) is 4.74 Å². The summed E-state index contributed by atoms with van der Waals surface area (Å²) in [5, 5.41) is 8.12. The van der Waals surface area contributed by atoms with Crippen LogP contribution < -0.4 is 10.6 Å². The van der Waals surface area contributed by atoms with Crippen LogP contribution >= 0.6 is 23.1 Å². The van der Waals surface area contributed by atoms with Gasteiger partial charge in [0.15, 0.2) is 0 Å². The molecule has 0 radical (unpaired) electrons. The zero-order chi connectivity index (χ0) is 24.3. The molecule has 0 aromatic carbocycles. The Morgan fingerprint density at radius 2 is 2.00 bits per heavy atom. The van der Waals surface area contributed by atoms with E-state index in [-0.39, 0.29) is 5.60 Å². The van der Waals surface area contributed by atoms with Gasteiger partial charge in [0, 0.05) is 31.6 Å². The number of pyridine rings is 1. The number of fused-ring (bicyclic) bond motifs is 1. The van der Waals surface area contributed by atoms with E-state index < -0.39 is 0 Å². The smallest absolute Gasteiger partial charge is 0.224 e. The maximum Gasteiger partial charge on any atom is 0.224 e. The van der Waals surface area contributed by atoms with Crippen molar-refractivity contribution in [3.05, 3.63) is 23.7 Å². The lowest BCUT2D eigenvalue weighted by Crippen LogP contribution is -2.32. The average Bonchev–Trinajstić information content (AvgIpc) is 3.45. The summed E-state index contributed by atoms with van der Waals surface area (Å²) in [4.78, 5) is 19.1. The quantitative estimate of drug-likeness (QED) is 0.331. The fourth-order valence-corrected chi connectivity index (χ4v) is 6.23.